The second-order valence-electron chi connectivity index (χ2n) is 8.07. The SMILES string of the molecule is OCCOc1nc(N(CC(F)F)c2cc(F)cc(C#CC3(C(F)(F)F)CC3)c2)c2c(F)cccc2n1. The van der Waals surface area contributed by atoms with Crippen LogP contribution in [0.1, 0.15) is 18.4 Å². The fraction of sp³-hybridized carbons (Fsp3) is 0.333. The number of aliphatic hydroxyl groups excluding tert-OH is 1. The molecule has 1 saturated carbocycles. The Balaban J connectivity index is 1.85. The number of rotatable bonds is 7. The Labute approximate surface area is 200 Å². The molecule has 3 aromatic rings. The lowest BCUT2D eigenvalue weighted by Gasteiger charge is -2.25. The predicted molar refractivity (Wildman–Crippen MR) is 116 cm³/mol. The van der Waals surface area contributed by atoms with Crippen LogP contribution in [0.25, 0.3) is 10.9 Å². The van der Waals surface area contributed by atoms with Crippen LogP contribution in [0.4, 0.5) is 42.2 Å². The first kappa shape index (κ1) is 25.5. The molecule has 1 aromatic heterocycles. The zero-order valence-electron chi connectivity index (χ0n) is 18.4. The first-order valence-corrected chi connectivity index (χ1v) is 10.7. The minimum atomic E-state index is -4.56. The number of halogens is 7. The van der Waals surface area contributed by atoms with Crippen LogP contribution >= 0.6 is 0 Å². The maximum Gasteiger partial charge on any atom is 0.405 e. The van der Waals surface area contributed by atoms with E-state index >= 15 is 0 Å². The highest BCUT2D eigenvalue weighted by Crippen LogP contribution is 2.57. The summed E-state index contributed by atoms with van der Waals surface area (Å²) in [6.07, 6.45) is -7.93. The Morgan fingerprint density at radius 3 is 2.50 bits per heavy atom. The van der Waals surface area contributed by atoms with Gasteiger partial charge >= 0.3 is 12.2 Å². The highest BCUT2D eigenvalue weighted by molar-refractivity contribution is 5.92. The quantitative estimate of drug-likeness (QED) is 0.340. The van der Waals surface area contributed by atoms with Gasteiger partial charge in [-0.2, -0.15) is 23.1 Å². The summed E-state index contributed by atoms with van der Waals surface area (Å²) in [5.41, 5.74) is -2.61. The van der Waals surface area contributed by atoms with Crippen molar-refractivity contribution in [1.29, 1.82) is 0 Å². The standard InChI is InChI=1S/C24H18F7N3O2/c25-15-10-14(4-5-23(6-7-23)24(29,30)31)11-16(12-15)34(13-19(27)28)21-20-17(26)2-1-3-18(20)32-22(33-21)36-9-8-35/h1-3,10-12,19,35H,6-9,13H2. The molecule has 12 heteroatoms. The van der Waals surface area contributed by atoms with Crippen LogP contribution in [0.3, 0.4) is 0 Å². The topological polar surface area (TPSA) is 58.5 Å². The van der Waals surface area contributed by atoms with Crippen molar-refractivity contribution in [2.24, 2.45) is 5.41 Å². The van der Waals surface area contributed by atoms with Crippen molar-refractivity contribution in [3.05, 3.63) is 53.6 Å². The maximum absolute atomic E-state index is 14.8. The third-order valence-corrected chi connectivity index (χ3v) is 5.46. The number of fused-ring (bicyclic) bond motifs is 1. The van der Waals surface area contributed by atoms with Crippen LogP contribution in [0.15, 0.2) is 36.4 Å². The largest absolute Gasteiger partial charge is 0.461 e. The fourth-order valence-electron chi connectivity index (χ4n) is 3.55. The van der Waals surface area contributed by atoms with Crippen LogP contribution in [0.5, 0.6) is 6.01 Å². The average molecular weight is 513 g/mol. The van der Waals surface area contributed by atoms with Crippen LogP contribution < -0.4 is 9.64 Å². The van der Waals surface area contributed by atoms with E-state index in [1.54, 1.807) is 0 Å². The van der Waals surface area contributed by atoms with Crippen LogP contribution in [-0.4, -0.2) is 47.4 Å². The van der Waals surface area contributed by atoms with Gasteiger partial charge in [0.05, 0.1) is 24.1 Å². The van der Waals surface area contributed by atoms with Gasteiger partial charge in [0.25, 0.3) is 6.43 Å². The van der Waals surface area contributed by atoms with Crippen molar-refractivity contribution in [2.45, 2.75) is 25.4 Å². The van der Waals surface area contributed by atoms with E-state index in [-0.39, 0.29) is 53.4 Å². The molecular formula is C24H18F7N3O2. The summed E-state index contributed by atoms with van der Waals surface area (Å²) < 4.78 is 101. The molecule has 0 amide bonds. The number of alkyl halides is 5. The molecule has 1 heterocycles. The average Bonchev–Trinajstić information content (AvgIpc) is 3.60. The lowest BCUT2D eigenvalue weighted by atomic mass is 10.1. The van der Waals surface area contributed by atoms with Crippen molar-refractivity contribution in [3.8, 4) is 17.9 Å². The summed E-state index contributed by atoms with van der Waals surface area (Å²) in [6.45, 7) is -1.72. The van der Waals surface area contributed by atoms with Crippen molar-refractivity contribution in [3.63, 3.8) is 0 Å². The minimum Gasteiger partial charge on any atom is -0.461 e. The smallest absolute Gasteiger partial charge is 0.405 e. The zero-order valence-corrected chi connectivity index (χ0v) is 18.4. The van der Waals surface area contributed by atoms with Crippen molar-refractivity contribution < 1.29 is 40.6 Å². The lowest BCUT2D eigenvalue weighted by molar-refractivity contribution is -0.168. The molecule has 0 atom stereocenters. The van der Waals surface area contributed by atoms with Gasteiger partial charge < -0.3 is 14.7 Å². The molecule has 4 rings (SSSR count). The lowest BCUT2D eigenvalue weighted by Crippen LogP contribution is -2.26. The molecule has 36 heavy (non-hydrogen) atoms. The van der Waals surface area contributed by atoms with E-state index in [1.807, 2.05) is 0 Å². The molecule has 5 nitrogen and oxygen atoms in total. The highest BCUT2D eigenvalue weighted by atomic mass is 19.4. The van der Waals surface area contributed by atoms with E-state index < -0.39 is 42.8 Å². The minimum absolute atomic E-state index is 0.00974. The second kappa shape index (κ2) is 9.81. The molecule has 1 aliphatic rings. The number of ether oxygens (including phenoxy) is 1. The first-order chi connectivity index (χ1) is 17.0. The predicted octanol–water partition coefficient (Wildman–Crippen LogP) is 5.38. The summed E-state index contributed by atoms with van der Waals surface area (Å²) in [5, 5.41) is 8.75. The maximum atomic E-state index is 14.8. The molecular weight excluding hydrogens is 495 g/mol. The second-order valence-corrected chi connectivity index (χ2v) is 8.07. The third kappa shape index (κ3) is 5.31. The summed E-state index contributed by atoms with van der Waals surface area (Å²) in [4.78, 5) is 8.84. The van der Waals surface area contributed by atoms with E-state index in [2.05, 4.69) is 21.8 Å². The number of anilines is 2. The van der Waals surface area contributed by atoms with Crippen molar-refractivity contribution in [1.82, 2.24) is 9.97 Å². The Kier molecular flexibility index (Phi) is 6.95. The van der Waals surface area contributed by atoms with Gasteiger partial charge in [0.2, 0.25) is 0 Å². The van der Waals surface area contributed by atoms with Gasteiger partial charge in [0.1, 0.15) is 23.7 Å². The molecule has 0 spiro atoms. The van der Waals surface area contributed by atoms with Gasteiger partial charge in [-0.1, -0.05) is 17.9 Å². The van der Waals surface area contributed by atoms with Gasteiger partial charge in [-0.15, -0.1) is 0 Å². The summed E-state index contributed by atoms with van der Waals surface area (Å²) in [7, 11) is 0. The zero-order chi connectivity index (χ0) is 26.1. The molecule has 0 saturated heterocycles. The molecule has 0 unspecified atom stereocenters. The van der Waals surface area contributed by atoms with E-state index in [0.29, 0.717) is 0 Å². The normalized spacial score (nSPS) is 14.5. The third-order valence-electron chi connectivity index (χ3n) is 5.46. The molecule has 0 aliphatic heterocycles. The Hall–Kier alpha value is -3.59. The summed E-state index contributed by atoms with van der Waals surface area (Å²) in [5.74, 6) is 2.24. The van der Waals surface area contributed by atoms with Gasteiger partial charge in [-0.25, -0.2) is 17.6 Å². The van der Waals surface area contributed by atoms with Gasteiger partial charge in [-0.3, -0.25) is 0 Å². The fourth-order valence-corrected chi connectivity index (χ4v) is 3.55. The number of nitrogens with zero attached hydrogens (tertiary/aromatic N) is 3. The summed E-state index contributed by atoms with van der Waals surface area (Å²) >= 11 is 0. The number of benzene rings is 2. The van der Waals surface area contributed by atoms with Gasteiger partial charge in [0.15, 0.2) is 5.82 Å². The molecule has 1 fully saturated rings. The molecule has 2 aromatic carbocycles. The molecule has 190 valence electrons. The van der Waals surface area contributed by atoms with E-state index in [1.165, 1.54) is 12.1 Å². The Morgan fingerprint density at radius 1 is 1.11 bits per heavy atom. The Bertz CT molecular complexity index is 1330. The van der Waals surface area contributed by atoms with Crippen LogP contribution in [0, 0.1) is 28.9 Å². The van der Waals surface area contributed by atoms with Crippen molar-refractivity contribution in [2.75, 3.05) is 24.7 Å². The molecule has 0 radical (unpaired) electrons. The molecule has 1 aliphatic carbocycles. The molecule has 0 bridgehead atoms. The van der Waals surface area contributed by atoms with E-state index in [9.17, 15) is 30.7 Å². The van der Waals surface area contributed by atoms with E-state index in [0.717, 1.165) is 29.2 Å². The van der Waals surface area contributed by atoms with Gasteiger partial charge in [-0.05, 0) is 43.2 Å². The molecule has 1 N–H and O–H groups in total. The number of hydrogen-bond acceptors (Lipinski definition) is 5. The van der Waals surface area contributed by atoms with Crippen LogP contribution in [0.2, 0.25) is 0 Å². The van der Waals surface area contributed by atoms with Crippen LogP contribution in [-0.2, 0) is 0 Å². The monoisotopic (exact) mass is 513 g/mol. The van der Waals surface area contributed by atoms with E-state index in [4.69, 9.17) is 9.84 Å². The Morgan fingerprint density at radius 2 is 1.86 bits per heavy atom. The highest BCUT2D eigenvalue weighted by Gasteiger charge is 2.62. The first-order valence-electron chi connectivity index (χ1n) is 10.7. The number of aliphatic hydroxyl groups is 1. The van der Waals surface area contributed by atoms with Gasteiger partial charge in [0, 0.05) is 11.3 Å². The summed E-state index contributed by atoms with van der Waals surface area (Å²) in [6, 6.07) is 6.25. The van der Waals surface area contributed by atoms with Crippen molar-refractivity contribution >= 4 is 22.4 Å². The number of hydrogen-bond donors (Lipinski definition) is 1. The number of aromatic nitrogens is 2.